The first-order valence-electron chi connectivity index (χ1n) is 10.7. The number of rotatable bonds is 3. The van der Waals surface area contributed by atoms with Gasteiger partial charge in [0.25, 0.3) is 5.69 Å². The Morgan fingerprint density at radius 2 is 1.83 bits per heavy atom. The summed E-state index contributed by atoms with van der Waals surface area (Å²) in [7, 11) is 0. The minimum atomic E-state index is -1.43. The maximum Gasteiger partial charge on any atom is 0.274 e. The lowest BCUT2D eigenvalue weighted by molar-refractivity contribution is -0.385. The van der Waals surface area contributed by atoms with E-state index >= 15 is 0 Å². The van der Waals surface area contributed by atoms with Crippen molar-refractivity contribution in [2.75, 3.05) is 5.32 Å². The van der Waals surface area contributed by atoms with E-state index < -0.39 is 28.2 Å². The Morgan fingerprint density at radius 1 is 1.06 bits per heavy atom. The SMILES string of the molecule is C#Cc1ccc([N+](=O)[O-])c(C2NC(=O)CC(c3cccc(Cl)c3)C23C(=O)Nc2cc(Cl)ccc23)c1. The number of anilines is 1. The summed E-state index contributed by atoms with van der Waals surface area (Å²) in [5, 5.41) is 18.6. The Hall–Kier alpha value is -3.86. The molecule has 0 radical (unpaired) electrons. The minimum Gasteiger partial charge on any atom is -0.348 e. The van der Waals surface area contributed by atoms with Crippen LogP contribution in [-0.4, -0.2) is 16.7 Å². The third-order valence-electron chi connectivity index (χ3n) is 6.70. The molecule has 2 aliphatic rings. The van der Waals surface area contributed by atoms with E-state index in [2.05, 4.69) is 16.6 Å². The van der Waals surface area contributed by atoms with Gasteiger partial charge in [0, 0.05) is 39.7 Å². The molecule has 1 saturated heterocycles. The molecule has 3 atom stereocenters. The molecule has 5 rings (SSSR count). The molecular formula is C26H17Cl2N3O4. The van der Waals surface area contributed by atoms with Crippen molar-refractivity contribution in [3.8, 4) is 12.3 Å². The molecule has 0 bridgehead atoms. The van der Waals surface area contributed by atoms with Crippen LogP contribution >= 0.6 is 23.2 Å². The molecule has 2 N–H and O–H groups in total. The number of nitro benzene ring substituents is 1. The number of nitro groups is 1. The largest absolute Gasteiger partial charge is 0.348 e. The number of amides is 2. The number of fused-ring (bicyclic) bond motifs is 2. The lowest BCUT2D eigenvalue weighted by Gasteiger charge is -2.46. The van der Waals surface area contributed by atoms with Gasteiger partial charge in [-0.3, -0.25) is 19.7 Å². The van der Waals surface area contributed by atoms with Crippen LogP contribution in [0.15, 0.2) is 60.7 Å². The summed E-state index contributed by atoms with van der Waals surface area (Å²) in [6.45, 7) is 0. The molecule has 9 heteroatoms. The van der Waals surface area contributed by atoms with E-state index in [9.17, 15) is 19.7 Å². The summed E-state index contributed by atoms with van der Waals surface area (Å²) in [5.74, 6) is 1.02. The van der Waals surface area contributed by atoms with E-state index in [1.165, 1.54) is 18.2 Å². The van der Waals surface area contributed by atoms with Crippen LogP contribution < -0.4 is 10.6 Å². The highest BCUT2D eigenvalue weighted by atomic mass is 35.5. The van der Waals surface area contributed by atoms with E-state index in [1.807, 2.05) is 0 Å². The number of hydrogen-bond acceptors (Lipinski definition) is 4. The second-order valence-electron chi connectivity index (χ2n) is 8.50. The Balaban J connectivity index is 1.86. The van der Waals surface area contributed by atoms with Crippen LogP contribution in [0.4, 0.5) is 11.4 Å². The predicted octanol–water partition coefficient (Wildman–Crippen LogP) is 5.12. The van der Waals surface area contributed by atoms with Gasteiger partial charge in [-0.15, -0.1) is 6.42 Å². The van der Waals surface area contributed by atoms with Crippen molar-refractivity contribution in [3.63, 3.8) is 0 Å². The number of carbonyl (C=O) groups is 2. The number of terminal acetylenes is 1. The zero-order valence-corrected chi connectivity index (χ0v) is 19.6. The van der Waals surface area contributed by atoms with Crippen LogP contribution in [0.5, 0.6) is 0 Å². The van der Waals surface area contributed by atoms with E-state index in [-0.39, 0.29) is 23.6 Å². The number of carbonyl (C=O) groups excluding carboxylic acids is 2. The van der Waals surface area contributed by atoms with E-state index in [0.29, 0.717) is 32.4 Å². The van der Waals surface area contributed by atoms with Crippen molar-refractivity contribution in [1.29, 1.82) is 0 Å². The molecule has 0 saturated carbocycles. The second kappa shape index (κ2) is 8.42. The minimum absolute atomic E-state index is 0.0328. The maximum atomic E-state index is 14.0. The molecule has 2 amide bonds. The number of piperidine rings is 1. The fourth-order valence-electron chi connectivity index (χ4n) is 5.31. The highest BCUT2D eigenvalue weighted by Crippen LogP contribution is 2.58. The molecule has 2 aliphatic heterocycles. The van der Waals surface area contributed by atoms with Gasteiger partial charge in [0.1, 0.15) is 5.41 Å². The monoisotopic (exact) mass is 505 g/mol. The Labute approximate surface area is 210 Å². The van der Waals surface area contributed by atoms with Crippen molar-refractivity contribution < 1.29 is 14.5 Å². The summed E-state index contributed by atoms with van der Waals surface area (Å²) in [6.07, 6.45) is 5.55. The molecule has 0 aromatic heterocycles. The zero-order valence-electron chi connectivity index (χ0n) is 18.0. The van der Waals surface area contributed by atoms with Crippen molar-refractivity contribution in [2.24, 2.45) is 0 Å². The summed E-state index contributed by atoms with van der Waals surface area (Å²) >= 11 is 12.5. The predicted molar refractivity (Wildman–Crippen MR) is 132 cm³/mol. The Morgan fingerprint density at radius 3 is 2.54 bits per heavy atom. The number of hydrogen-bond donors (Lipinski definition) is 2. The molecule has 7 nitrogen and oxygen atoms in total. The fourth-order valence-corrected chi connectivity index (χ4v) is 5.68. The molecule has 3 aromatic rings. The summed E-state index contributed by atoms with van der Waals surface area (Å²) in [4.78, 5) is 38.5. The second-order valence-corrected chi connectivity index (χ2v) is 9.37. The van der Waals surface area contributed by atoms with Crippen LogP contribution in [0.3, 0.4) is 0 Å². The molecule has 3 aromatic carbocycles. The normalized spacial score (nSPS) is 22.8. The molecule has 1 spiro atoms. The molecule has 2 heterocycles. The Bertz CT molecular complexity index is 1470. The third kappa shape index (κ3) is 3.54. The fraction of sp³-hybridized carbons (Fsp3) is 0.154. The van der Waals surface area contributed by atoms with Gasteiger partial charge in [-0.1, -0.05) is 47.3 Å². The van der Waals surface area contributed by atoms with Crippen molar-refractivity contribution >= 4 is 46.4 Å². The van der Waals surface area contributed by atoms with Crippen LogP contribution in [0.2, 0.25) is 10.0 Å². The van der Waals surface area contributed by atoms with Gasteiger partial charge in [-0.25, -0.2) is 0 Å². The van der Waals surface area contributed by atoms with Gasteiger partial charge in [0.15, 0.2) is 0 Å². The summed E-state index contributed by atoms with van der Waals surface area (Å²) < 4.78 is 0. The molecule has 174 valence electrons. The average molecular weight is 506 g/mol. The average Bonchev–Trinajstić information content (AvgIpc) is 3.11. The lowest BCUT2D eigenvalue weighted by Crippen LogP contribution is -2.57. The molecular weight excluding hydrogens is 489 g/mol. The number of nitrogens with zero attached hydrogens (tertiary/aromatic N) is 1. The van der Waals surface area contributed by atoms with Gasteiger partial charge in [-0.2, -0.15) is 0 Å². The van der Waals surface area contributed by atoms with Crippen LogP contribution in [0.1, 0.15) is 40.6 Å². The highest BCUT2D eigenvalue weighted by Gasteiger charge is 2.62. The first-order valence-corrected chi connectivity index (χ1v) is 11.4. The molecule has 0 aliphatic carbocycles. The van der Waals surface area contributed by atoms with Crippen LogP contribution in [0.25, 0.3) is 0 Å². The van der Waals surface area contributed by atoms with Crippen LogP contribution in [0, 0.1) is 22.5 Å². The standard InChI is InChI=1S/C26H17Cl2N3O4/c1-2-14-6-9-22(31(34)35)18(10-14)24-26(19-8-7-17(28)12-21(19)29-25(26)33)20(13-23(32)30-24)15-4-3-5-16(27)11-15/h1,3-12,20,24H,13H2,(H,29,33)(H,30,32). The van der Waals surface area contributed by atoms with E-state index in [0.717, 1.165) is 0 Å². The zero-order chi connectivity index (χ0) is 24.9. The van der Waals surface area contributed by atoms with Crippen molar-refractivity contribution in [2.45, 2.75) is 23.8 Å². The Kier molecular flexibility index (Phi) is 5.51. The van der Waals surface area contributed by atoms with Crippen molar-refractivity contribution in [3.05, 3.63) is 103 Å². The smallest absolute Gasteiger partial charge is 0.274 e. The number of benzene rings is 3. The quantitative estimate of drug-likeness (QED) is 0.293. The van der Waals surface area contributed by atoms with Crippen LogP contribution in [-0.2, 0) is 15.0 Å². The highest BCUT2D eigenvalue weighted by molar-refractivity contribution is 6.31. The lowest BCUT2D eigenvalue weighted by atomic mass is 9.59. The summed E-state index contributed by atoms with van der Waals surface area (Å²) in [6, 6.07) is 15.1. The van der Waals surface area contributed by atoms with Gasteiger partial charge in [0.2, 0.25) is 11.8 Å². The number of halogens is 2. The third-order valence-corrected chi connectivity index (χ3v) is 7.17. The first kappa shape index (κ1) is 22.9. The van der Waals surface area contributed by atoms with Gasteiger partial charge < -0.3 is 10.6 Å². The maximum absolute atomic E-state index is 14.0. The van der Waals surface area contributed by atoms with Crippen molar-refractivity contribution in [1.82, 2.24) is 5.32 Å². The van der Waals surface area contributed by atoms with E-state index in [1.54, 1.807) is 42.5 Å². The topological polar surface area (TPSA) is 101 Å². The molecule has 1 fully saturated rings. The summed E-state index contributed by atoms with van der Waals surface area (Å²) in [5.41, 5.74) is 0.546. The molecule has 35 heavy (non-hydrogen) atoms. The molecule has 3 unspecified atom stereocenters. The van der Waals surface area contributed by atoms with Gasteiger partial charge >= 0.3 is 0 Å². The first-order chi connectivity index (χ1) is 16.7. The van der Waals surface area contributed by atoms with Gasteiger partial charge in [0.05, 0.1) is 16.5 Å². The number of nitrogens with one attached hydrogen (secondary N) is 2. The van der Waals surface area contributed by atoms with E-state index in [4.69, 9.17) is 29.6 Å². The van der Waals surface area contributed by atoms with Gasteiger partial charge in [-0.05, 0) is 47.5 Å².